The van der Waals surface area contributed by atoms with Gasteiger partial charge in [0, 0.05) is 38.8 Å². The molecular weight excluding hydrogens is 324 g/mol. The number of likely N-dealkylation sites (N-methyl/N-ethyl adjacent to an activating group) is 1. The number of ether oxygens (including phenoxy) is 1. The zero-order valence-corrected chi connectivity index (χ0v) is 15.6. The number of fused-ring (bicyclic) bond motifs is 1. The molecule has 2 heterocycles. The molecule has 0 aliphatic carbocycles. The fourth-order valence-corrected chi connectivity index (χ4v) is 3.56. The van der Waals surface area contributed by atoms with Crippen LogP contribution in [0.3, 0.4) is 0 Å². The van der Waals surface area contributed by atoms with E-state index >= 15 is 0 Å². The number of piperazine rings is 1. The average Bonchev–Trinajstić information content (AvgIpc) is 3.00. The van der Waals surface area contributed by atoms with Crippen molar-refractivity contribution >= 4 is 11.0 Å². The molecule has 0 unspecified atom stereocenters. The molecule has 0 bridgehead atoms. The fraction of sp³-hybridized carbons (Fsp3) is 0.381. The Morgan fingerprint density at radius 2 is 1.73 bits per heavy atom. The van der Waals surface area contributed by atoms with Gasteiger partial charge in [0.1, 0.15) is 11.6 Å². The predicted octanol–water partition coefficient (Wildman–Crippen LogP) is 2.84. The van der Waals surface area contributed by atoms with Gasteiger partial charge in [0.25, 0.3) is 0 Å². The van der Waals surface area contributed by atoms with Gasteiger partial charge >= 0.3 is 0 Å². The first-order valence-electron chi connectivity index (χ1n) is 9.21. The van der Waals surface area contributed by atoms with Crippen LogP contribution in [-0.4, -0.2) is 59.7 Å². The van der Waals surface area contributed by atoms with Crippen molar-refractivity contribution in [2.75, 3.05) is 40.3 Å². The molecule has 26 heavy (non-hydrogen) atoms. The minimum absolute atomic E-state index is 0.840. The van der Waals surface area contributed by atoms with E-state index in [4.69, 9.17) is 9.72 Å². The summed E-state index contributed by atoms with van der Waals surface area (Å²) in [5.41, 5.74) is 3.46. The summed E-state index contributed by atoms with van der Waals surface area (Å²) < 4.78 is 7.74. The van der Waals surface area contributed by atoms with Gasteiger partial charge in [0.05, 0.1) is 24.7 Å². The van der Waals surface area contributed by atoms with Gasteiger partial charge in [-0.15, -0.1) is 0 Å². The highest BCUT2D eigenvalue weighted by Gasteiger charge is 2.18. The smallest absolute Gasteiger partial charge is 0.124 e. The molecule has 1 fully saturated rings. The maximum atomic E-state index is 5.39. The van der Waals surface area contributed by atoms with Crippen molar-refractivity contribution in [3.8, 4) is 5.75 Å². The van der Waals surface area contributed by atoms with Crippen LogP contribution in [0, 0.1) is 0 Å². The lowest BCUT2D eigenvalue weighted by molar-refractivity contribution is 0.144. The Hall–Kier alpha value is -2.37. The highest BCUT2D eigenvalue weighted by atomic mass is 16.5. The number of aromatic nitrogens is 2. The summed E-state index contributed by atoms with van der Waals surface area (Å²) in [6.07, 6.45) is 0. The third kappa shape index (κ3) is 3.59. The van der Waals surface area contributed by atoms with Gasteiger partial charge in [-0.05, 0) is 24.7 Å². The lowest BCUT2D eigenvalue weighted by Crippen LogP contribution is -2.44. The molecule has 1 aromatic heterocycles. The molecule has 136 valence electrons. The summed E-state index contributed by atoms with van der Waals surface area (Å²) in [5, 5.41) is 0. The van der Waals surface area contributed by atoms with E-state index < -0.39 is 0 Å². The van der Waals surface area contributed by atoms with Crippen molar-refractivity contribution in [1.82, 2.24) is 19.4 Å². The van der Waals surface area contributed by atoms with Crippen molar-refractivity contribution in [3.63, 3.8) is 0 Å². The number of nitrogens with zero attached hydrogens (tertiary/aromatic N) is 4. The molecule has 0 spiro atoms. The standard InChI is InChI=1S/C21H26N4O/c1-23-10-12-24(13-11-23)16-21-22-19-14-18(26-2)8-9-20(19)25(21)15-17-6-4-3-5-7-17/h3-9,14H,10-13,15-16H2,1-2H3. The van der Waals surface area contributed by atoms with E-state index in [2.05, 4.69) is 57.8 Å². The minimum Gasteiger partial charge on any atom is -0.497 e. The molecule has 0 N–H and O–H groups in total. The van der Waals surface area contributed by atoms with Gasteiger partial charge in [-0.1, -0.05) is 30.3 Å². The van der Waals surface area contributed by atoms with Crippen LogP contribution >= 0.6 is 0 Å². The topological polar surface area (TPSA) is 33.5 Å². The minimum atomic E-state index is 0.840. The van der Waals surface area contributed by atoms with Gasteiger partial charge in [0.2, 0.25) is 0 Å². The van der Waals surface area contributed by atoms with Crippen LogP contribution < -0.4 is 4.74 Å². The quantitative estimate of drug-likeness (QED) is 0.709. The van der Waals surface area contributed by atoms with Crippen LogP contribution in [0.1, 0.15) is 11.4 Å². The second-order valence-electron chi connectivity index (χ2n) is 7.03. The van der Waals surface area contributed by atoms with Crippen LogP contribution in [0.2, 0.25) is 0 Å². The Morgan fingerprint density at radius 1 is 0.962 bits per heavy atom. The molecule has 1 aliphatic heterocycles. The number of rotatable bonds is 5. The van der Waals surface area contributed by atoms with Crippen molar-refractivity contribution in [1.29, 1.82) is 0 Å². The maximum Gasteiger partial charge on any atom is 0.124 e. The van der Waals surface area contributed by atoms with E-state index in [1.165, 1.54) is 11.1 Å². The van der Waals surface area contributed by atoms with Crippen molar-refractivity contribution in [2.24, 2.45) is 0 Å². The van der Waals surface area contributed by atoms with E-state index in [0.29, 0.717) is 0 Å². The third-order valence-electron chi connectivity index (χ3n) is 5.18. The summed E-state index contributed by atoms with van der Waals surface area (Å²) in [6.45, 7) is 6.15. The van der Waals surface area contributed by atoms with E-state index in [0.717, 1.165) is 56.4 Å². The van der Waals surface area contributed by atoms with Crippen molar-refractivity contribution < 1.29 is 4.74 Å². The second-order valence-corrected chi connectivity index (χ2v) is 7.03. The van der Waals surface area contributed by atoms with Gasteiger partial charge in [0.15, 0.2) is 0 Å². The number of hydrogen-bond donors (Lipinski definition) is 0. The molecule has 0 radical (unpaired) electrons. The summed E-state index contributed by atoms with van der Waals surface area (Å²) in [6, 6.07) is 16.8. The average molecular weight is 350 g/mol. The third-order valence-corrected chi connectivity index (χ3v) is 5.18. The predicted molar refractivity (Wildman–Crippen MR) is 105 cm³/mol. The molecule has 1 aliphatic rings. The first-order valence-corrected chi connectivity index (χ1v) is 9.21. The van der Waals surface area contributed by atoms with Crippen LogP contribution in [0.5, 0.6) is 5.75 Å². The van der Waals surface area contributed by atoms with Crippen LogP contribution in [-0.2, 0) is 13.1 Å². The molecule has 2 aromatic carbocycles. The molecule has 4 rings (SSSR count). The molecule has 1 saturated heterocycles. The Bertz CT molecular complexity index is 866. The lowest BCUT2D eigenvalue weighted by Gasteiger charge is -2.32. The molecular formula is C21H26N4O. The van der Waals surface area contributed by atoms with Gasteiger partial charge in [-0.2, -0.15) is 0 Å². The second kappa shape index (κ2) is 7.48. The van der Waals surface area contributed by atoms with Crippen LogP contribution in [0.25, 0.3) is 11.0 Å². The van der Waals surface area contributed by atoms with Crippen molar-refractivity contribution in [2.45, 2.75) is 13.1 Å². The van der Waals surface area contributed by atoms with Gasteiger partial charge in [-0.3, -0.25) is 4.90 Å². The highest BCUT2D eigenvalue weighted by molar-refractivity contribution is 5.78. The Balaban J connectivity index is 1.68. The zero-order valence-electron chi connectivity index (χ0n) is 15.6. The highest BCUT2D eigenvalue weighted by Crippen LogP contribution is 2.24. The Labute approximate surface area is 154 Å². The van der Waals surface area contributed by atoms with Crippen molar-refractivity contribution in [3.05, 3.63) is 59.9 Å². The van der Waals surface area contributed by atoms with E-state index in [9.17, 15) is 0 Å². The molecule has 5 nitrogen and oxygen atoms in total. The Kier molecular flexibility index (Phi) is 4.91. The van der Waals surface area contributed by atoms with E-state index in [-0.39, 0.29) is 0 Å². The Morgan fingerprint density at radius 3 is 2.46 bits per heavy atom. The lowest BCUT2D eigenvalue weighted by atomic mass is 10.2. The van der Waals surface area contributed by atoms with E-state index in [1.807, 2.05) is 12.1 Å². The number of hydrogen-bond acceptors (Lipinski definition) is 4. The molecule has 3 aromatic rings. The molecule has 0 amide bonds. The summed E-state index contributed by atoms with van der Waals surface area (Å²) in [7, 11) is 3.89. The summed E-state index contributed by atoms with van der Waals surface area (Å²) in [5.74, 6) is 1.98. The largest absolute Gasteiger partial charge is 0.497 e. The number of imidazole rings is 1. The number of benzene rings is 2. The van der Waals surface area contributed by atoms with Crippen LogP contribution in [0.4, 0.5) is 0 Å². The van der Waals surface area contributed by atoms with Gasteiger partial charge < -0.3 is 14.2 Å². The summed E-state index contributed by atoms with van der Waals surface area (Å²) >= 11 is 0. The zero-order chi connectivity index (χ0) is 17.9. The normalized spacial score (nSPS) is 16.2. The number of methoxy groups -OCH3 is 1. The monoisotopic (exact) mass is 350 g/mol. The molecule has 5 heteroatoms. The summed E-state index contributed by atoms with van der Waals surface area (Å²) in [4.78, 5) is 9.84. The SMILES string of the molecule is COc1ccc2c(c1)nc(CN1CCN(C)CC1)n2Cc1ccccc1. The molecule has 0 saturated carbocycles. The van der Waals surface area contributed by atoms with E-state index in [1.54, 1.807) is 7.11 Å². The van der Waals surface area contributed by atoms with Gasteiger partial charge in [-0.25, -0.2) is 4.98 Å². The first-order chi connectivity index (χ1) is 12.7. The fourth-order valence-electron chi connectivity index (χ4n) is 3.56. The maximum absolute atomic E-state index is 5.39. The first kappa shape index (κ1) is 17.1. The van der Waals surface area contributed by atoms with Crippen LogP contribution in [0.15, 0.2) is 48.5 Å². The molecule has 0 atom stereocenters.